The number of halogens is 1. The lowest BCUT2D eigenvalue weighted by molar-refractivity contribution is 0.112. The number of hydrogen-bond acceptors (Lipinski definition) is 1. The predicted octanol–water partition coefficient (Wildman–Crippen LogP) is 3.23. The van der Waals surface area contributed by atoms with Gasteiger partial charge in [0.2, 0.25) is 0 Å². The van der Waals surface area contributed by atoms with Crippen LogP contribution in [0.2, 0.25) is 0 Å². The zero-order valence-corrected chi connectivity index (χ0v) is 10.2. The van der Waals surface area contributed by atoms with Crippen LogP contribution >= 0.6 is 15.9 Å². The Labute approximate surface area is 100 Å². The maximum Gasteiger partial charge on any atom is 0.166 e. The summed E-state index contributed by atoms with van der Waals surface area (Å²) in [5, 5.41) is 1.12. The molecular weight excluding hydrogens is 268 g/mol. The Morgan fingerprint density at radius 2 is 2.12 bits per heavy atom. The summed E-state index contributed by atoms with van der Waals surface area (Å²) < 4.78 is 3.12. The molecular formula is C12H9BrN2O. The van der Waals surface area contributed by atoms with Crippen LogP contribution in [0.5, 0.6) is 0 Å². The van der Waals surface area contributed by atoms with E-state index in [2.05, 4.69) is 37.6 Å². The average molecular weight is 277 g/mol. The number of carbonyl (C=O) groups excluding carboxylic acids is 1. The summed E-state index contributed by atoms with van der Waals surface area (Å²) >= 11 is 3.46. The zero-order valence-electron chi connectivity index (χ0n) is 8.62. The Kier molecular flexibility index (Phi) is 1.94. The summed E-state index contributed by atoms with van der Waals surface area (Å²) in [5.74, 6) is 0. The van der Waals surface area contributed by atoms with Gasteiger partial charge in [-0.2, -0.15) is 0 Å². The van der Waals surface area contributed by atoms with E-state index in [1.165, 1.54) is 0 Å². The van der Waals surface area contributed by atoms with Gasteiger partial charge in [0.25, 0.3) is 0 Å². The highest BCUT2D eigenvalue weighted by Crippen LogP contribution is 2.29. The minimum absolute atomic E-state index is 0.613. The Balaban J connectivity index is 2.54. The summed E-state index contributed by atoms with van der Waals surface area (Å²) in [5.41, 5.74) is 3.83. The van der Waals surface area contributed by atoms with Crippen molar-refractivity contribution in [3.05, 3.63) is 34.4 Å². The van der Waals surface area contributed by atoms with Gasteiger partial charge in [-0.3, -0.25) is 4.79 Å². The number of nitrogens with one attached hydrogen (secondary N) is 1. The Hall–Kier alpha value is -1.55. The van der Waals surface area contributed by atoms with Crippen molar-refractivity contribution < 1.29 is 4.79 Å². The molecule has 3 nitrogen and oxygen atoms in total. The molecule has 0 atom stereocenters. The van der Waals surface area contributed by atoms with Gasteiger partial charge in [-0.05, 0) is 24.3 Å². The number of aromatic nitrogens is 2. The van der Waals surface area contributed by atoms with E-state index >= 15 is 0 Å². The molecule has 16 heavy (non-hydrogen) atoms. The Bertz CT molecular complexity index is 709. The predicted molar refractivity (Wildman–Crippen MR) is 67.9 cm³/mol. The minimum atomic E-state index is 0.613. The van der Waals surface area contributed by atoms with E-state index in [9.17, 15) is 4.79 Å². The van der Waals surface area contributed by atoms with Gasteiger partial charge in [0.05, 0.1) is 22.2 Å². The lowest BCUT2D eigenvalue weighted by Gasteiger charge is -1.97. The third-order valence-corrected chi connectivity index (χ3v) is 3.39. The SMILES string of the molecule is Cn1c2ccc(Br)cc2c2[nH]c(C=O)cc21. The van der Waals surface area contributed by atoms with Crippen LogP contribution in [0.3, 0.4) is 0 Å². The van der Waals surface area contributed by atoms with E-state index in [-0.39, 0.29) is 0 Å². The van der Waals surface area contributed by atoms with E-state index in [1.54, 1.807) is 0 Å². The van der Waals surface area contributed by atoms with Gasteiger partial charge in [0.1, 0.15) is 0 Å². The van der Waals surface area contributed by atoms with Crippen LogP contribution in [-0.2, 0) is 7.05 Å². The third-order valence-electron chi connectivity index (χ3n) is 2.90. The summed E-state index contributed by atoms with van der Waals surface area (Å²) in [4.78, 5) is 13.9. The number of benzene rings is 1. The van der Waals surface area contributed by atoms with E-state index in [4.69, 9.17) is 0 Å². The van der Waals surface area contributed by atoms with Crippen molar-refractivity contribution in [2.24, 2.45) is 7.05 Å². The van der Waals surface area contributed by atoms with Crippen molar-refractivity contribution in [2.45, 2.75) is 0 Å². The molecule has 80 valence electrons. The van der Waals surface area contributed by atoms with Crippen molar-refractivity contribution in [1.82, 2.24) is 9.55 Å². The number of fused-ring (bicyclic) bond motifs is 3. The number of rotatable bonds is 1. The van der Waals surface area contributed by atoms with Gasteiger partial charge in [-0.25, -0.2) is 0 Å². The maximum absolute atomic E-state index is 10.7. The maximum atomic E-state index is 10.7. The fourth-order valence-electron chi connectivity index (χ4n) is 2.13. The Morgan fingerprint density at radius 3 is 2.88 bits per heavy atom. The largest absolute Gasteiger partial charge is 0.351 e. The first-order chi connectivity index (χ1) is 7.70. The van der Waals surface area contributed by atoms with Crippen molar-refractivity contribution in [2.75, 3.05) is 0 Å². The molecule has 1 N–H and O–H groups in total. The zero-order chi connectivity index (χ0) is 11.3. The van der Waals surface area contributed by atoms with Gasteiger partial charge in [0, 0.05) is 16.9 Å². The number of nitrogens with zero attached hydrogens (tertiary/aromatic N) is 1. The second-order valence-corrected chi connectivity index (χ2v) is 4.74. The van der Waals surface area contributed by atoms with E-state index < -0.39 is 0 Å². The average Bonchev–Trinajstić information content (AvgIpc) is 2.80. The first-order valence-electron chi connectivity index (χ1n) is 4.92. The monoisotopic (exact) mass is 276 g/mol. The highest BCUT2D eigenvalue weighted by molar-refractivity contribution is 9.10. The number of hydrogen-bond donors (Lipinski definition) is 1. The van der Waals surface area contributed by atoms with Crippen LogP contribution in [0, 0.1) is 0 Å². The molecule has 0 saturated heterocycles. The normalized spacial score (nSPS) is 11.4. The van der Waals surface area contributed by atoms with E-state index in [0.717, 1.165) is 32.7 Å². The summed E-state index contributed by atoms with van der Waals surface area (Å²) in [6.07, 6.45) is 0.837. The van der Waals surface area contributed by atoms with Gasteiger partial charge in [0.15, 0.2) is 6.29 Å². The number of H-pyrrole nitrogens is 1. The molecule has 2 aromatic heterocycles. The number of aromatic amines is 1. The van der Waals surface area contributed by atoms with Gasteiger partial charge in [-0.1, -0.05) is 15.9 Å². The second-order valence-electron chi connectivity index (χ2n) is 3.82. The molecule has 4 heteroatoms. The molecule has 0 fully saturated rings. The van der Waals surface area contributed by atoms with E-state index in [0.29, 0.717) is 5.69 Å². The highest BCUT2D eigenvalue weighted by atomic mass is 79.9. The van der Waals surface area contributed by atoms with Crippen LogP contribution in [0.1, 0.15) is 10.5 Å². The number of aryl methyl sites for hydroxylation is 1. The molecule has 0 aliphatic heterocycles. The number of aldehydes is 1. The van der Waals surface area contributed by atoms with Crippen molar-refractivity contribution in [3.8, 4) is 0 Å². The molecule has 0 saturated carbocycles. The quantitative estimate of drug-likeness (QED) is 0.681. The lowest BCUT2D eigenvalue weighted by Crippen LogP contribution is -1.85. The number of carbonyl (C=O) groups is 1. The van der Waals surface area contributed by atoms with Crippen molar-refractivity contribution in [1.29, 1.82) is 0 Å². The van der Waals surface area contributed by atoms with Crippen molar-refractivity contribution >= 4 is 44.2 Å². The second kappa shape index (κ2) is 3.22. The fourth-order valence-corrected chi connectivity index (χ4v) is 2.49. The molecule has 0 unspecified atom stereocenters. The molecule has 0 aliphatic carbocycles. The molecule has 3 aromatic rings. The molecule has 0 aliphatic rings. The molecule has 1 aromatic carbocycles. The molecule has 0 radical (unpaired) electrons. The summed E-state index contributed by atoms with van der Waals surface area (Å²) in [6, 6.07) is 8.01. The van der Waals surface area contributed by atoms with Crippen LogP contribution in [0.4, 0.5) is 0 Å². The Morgan fingerprint density at radius 1 is 1.31 bits per heavy atom. The molecule has 0 bridgehead atoms. The third kappa shape index (κ3) is 1.16. The summed E-state index contributed by atoms with van der Waals surface area (Å²) in [6.45, 7) is 0. The highest BCUT2D eigenvalue weighted by Gasteiger charge is 2.11. The van der Waals surface area contributed by atoms with Crippen molar-refractivity contribution in [3.63, 3.8) is 0 Å². The van der Waals surface area contributed by atoms with Crippen LogP contribution in [0.25, 0.3) is 21.9 Å². The summed E-state index contributed by atoms with van der Waals surface area (Å²) in [7, 11) is 2.00. The molecule has 2 heterocycles. The van der Waals surface area contributed by atoms with Crippen LogP contribution in [0.15, 0.2) is 28.7 Å². The van der Waals surface area contributed by atoms with Gasteiger partial charge < -0.3 is 9.55 Å². The molecule has 0 amide bonds. The lowest BCUT2D eigenvalue weighted by atomic mass is 10.2. The molecule has 0 spiro atoms. The standard InChI is InChI=1S/C12H9BrN2O/c1-15-10-3-2-7(13)4-9(10)12-11(15)5-8(6-16)14-12/h2-6,14H,1H3. The first kappa shape index (κ1) is 9.66. The first-order valence-corrected chi connectivity index (χ1v) is 5.72. The smallest absolute Gasteiger partial charge is 0.166 e. The van der Waals surface area contributed by atoms with E-state index in [1.807, 2.05) is 19.2 Å². The minimum Gasteiger partial charge on any atom is -0.351 e. The molecule has 3 rings (SSSR count). The fraction of sp³-hybridized carbons (Fsp3) is 0.0833. The van der Waals surface area contributed by atoms with Crippen LogP contribution < -0.4 is 0 Å². The van der Waals surface area contributed by atoms with Gasteiger partial charge in [-0.15, -0.1) is 0 Å². The van der Waals surface area contributed by atoms with Crippen LogP contribution in [-0.4, -0.2) is 15.8 Å². The topological polar surface area (TPSA) is 37.8 Å². The van der Waals surface area contributed by atoms with Gasteiger partial charge >= 0.3 is 0 Å².